The lowest BCUT2D eigenvalue weighted by atomic mass is 10.0. The molecule has 1 saturated heterocycles. The van der Waals surface area contributed by atoms with E-state index in [0.29, 0.717) is 6.04 Å². The van der Waals surface area contributed by atoms with Crippen LogP contribution in [0, 0.1) is 0 Å². The Morgan fingerprint density at radius 1 is 1.50 bits per heavy atom. The van der Waals surface area contributed by atoms with Gasteiger partial charge in [0.2, 0.25) is 0 Å². The Kier molecular flexibility index (Phi) is 5.30. The van der Waals surface area contributed by atoms with Gasteiger partial charge in [-0.05, 0) is 51.4 Å². The van der Waals surface area contributed by atoms with Crippen LogP contribution in [-0.4, -0.2) is 44.2 Å². The molecule has 2 N–H and O–H groups in total. The molecule has 1 heterocycles. The maximum absolute atomic E-state index is 6.47. The third-order valence-electron chi connectivity index (χ3n) is 4.11. The van der Waals surface area contributed by atoms with Gasteiger partial charge in [0.1, 0.15) is 0 Å². The van der Waals surface area contributed by atoms with Crippen molar-refractivity contribution in [2.45, 2.75) is 38.3 Å². The maximum Gasteiger partial charge on any atom is 0.0642 e. The van der Waals surface area contributed by atoms with Crippen LogP contribution in [0.5, 0.6) is 0 Å². The molecule has 1 fully saturated rings. The SMILES string of the molecule is CC(N)Cc1cccc(Cl)c1N(C)C1CCCN(C)C1. The van der Waals surface area contributed by atoms with E-state index in [9.17, 15) is 0 Å². The van der Waals surface area contributed by atoms with E-state index in [1.165, 1.54) is 24.9 Å². The van der Waals surface area contributed by atoms with E-state index in [2.05, 4.69) is 30.0 Å². The van der Waals surface area contributed by atoms with E-state index in [1.54, 1.807) is 0 Å². The normalized spacial score (nSPS) is 21.8. The number of nitrogens with zero attached hydrogens (tertiary/aromatic N) is 2. The molecule has 0 radical (unpaired) electrons. The first kappa shape index (κ1) is 15.6. The third kappa shape index (κ3) is 3.66. The molecule has 0 amide bonds. The van der Waals surface area contributed by atoms with Gasteiger partial charge in [-0.15, -0.1) is 0 Å². The van der Waals surface area contributed by atoms with Crippen LogP contribution >= 0.6 is 11.6 Å². The number of rotatable bonds is 4. The van der Waals surface area contributed by atoms with Crippen molar-refractivity contribution >= 4 is 17.3 Å². The summed E-state index contributed by atoms with van der Waals surface area (Å²) < 4.78 is 0. The number of benzene rings is 1. The average molecular weight is 296 g/mol. The fraction of sp³-hybridized carbons (Fsp3) is 0.625. The van der Waals surface area contributed by atoms with Crippen LogP contribution in [0.4, 0.5) is 5.69 Å². The van der Waals surface area contributed by atoms with Gasteiger partial charge in [0, 0.05) is 25.7 Å². The summed E-state index contributed by atoms with van der Waals surface area (Å²) in [6, 6.07) is 6.82. The molecule has 0 spiro atoms. The zero-order valence-corrected chi connectivity index (χ0v) is 13.5. The largest absolute Gasteiger partial charge is 0.369 e. The van der Waals surface area contributed by atoms with Crippen molar-refractivity contribution in [1.82, 2.24) is 4.90 Å². The highest BCUT2D eigenvalue weighted by atomic mass is 35.5. The van der Waals surface area contributed by atoms with E-state index >= 15 is 0 Å². The molecule has 3 nitrogen and oxygen atoms in total. The number of likely N-dealkylation sites (tertiary alicyclic amines) is 1. The maximum atomic E-state index is 6.47. The number of hydrogen-bond acceptors (Lipinski definition) is 3. The van der Waals surface area contributed by atoms with Gasteiger partial charge >= 0.3 is 0 Å². The Morgan fingerprint density at radius 2 is 2.25 bits per heavy atom. The summed E-state index contributed by atoms with van der Waals surface area (Å²) in [5.41, 5.74) is 8.39. The standard InChI is InChI=1S/C16H26ClN3/c1-12(18)10-13-6-4-8-15(17)16(13)20(3)14-7-5-9-19(2)11-14/h4,6,8,12,14H,5,7,9-11,18H2,1-3H3. The molecule has 1 aromatic rings. The van der Waals surface area contributed by atoms with Gasteiger partial charge in [-0.2, -0.15) is 0 Å². The lowest BCUT2D eigenvalue weighted by Gasteiger charge is -2.38. The predicted octanol–water partition coefficient (Wildman–Crippen LogP) is 2.76. The number of halogens is 1. The minimum absolute atomic E-state index is 0.148. The minimum Gasteiger partial charge on any atom is -0.369 e. The first-order valence-electron chi connectivity index (χ1n) is 7.43. The molecule has 0 aliphatic carbocycles. The lowest BCUT2D eigenvalue weighted by molar-refractivity contribution is 0.248. The Morgan fingerprint density at radius 3 is 2.90 bits per heavy atom. The van der Waals surface area contributed by atoms with Crippen LogP contribution in [0.3, 0.4) is 0 Å². The molecule has 0 saturated carbocycles. The van der Waals surface area contributed by atoms with E-state index < -0.39 is 0 Å². The number of piperidine rings is 1. The Balaban J connectivity index is 2.25. The molecule has 0 bridgehead atoms. The summed E-state index contributed by atoms with van der Waals surface area (Å²) in [4.78, 5) is 4.75. The van der Waals surface area contributed by atoms with Crippen LogP contribution in [0.25, 0.3) is 0 Å². The van der Waals surface area contributed by atoms with Crippen molar-refractivity contribution in [3.63, 3.8) is 0 Å². The van der Waals surface area contributed by atoms with E-state index in [4.69, 9.17) is 17.3 Å². The zero-order valence-electron chi connectivity index (χ0n) is 12.8. The third-order valence-corrected chi connectivity index (χ3v) is 4.42. The molecule has 1 aliphatic rings. The van der Waals surface area contributed by atoms with Gasteiger partial charge in [-0.1, -0.05) is 23.7 Å². The fourth-order valence-corrected chi connectivity index (χ4v) is 3.43. The summed E-state index contributed by atoms with van der Waals surface area (Å²) in [5, 5.41) is 0.832. The first-order valence-corrected chi connectivity index (χ1v) is 7.81. The average Bonchev–Trinajstić information content (AvgIpc) is 2.37. The highest BCUT2D eigenvalue weighted by molar-refractivity contribution is 6.33. The molecule has 112 valence electrons. The van der Waals surface area contributed by atoms with E-state index in [1.807, 2.05) is 19.1 Å². The van der Waals surface area contributed by atoms with Crippen LogP contribution in [0.2, 0.25) is 5.02 Å². The molecule has 4 heteroatoms. The fourth-order valence-electron chi connectivity index (χ4n) is 3.10. The van der Waals surface area contributed by atoms with Crippen LogP contribution in [0.1, 0.15) is 25.3 Å². The first-order chi connectivity index (χ1) is 9.49. The second-order valence-electron chi connectivity index (χ2n) is 6.10. The number of likely N-dealkylation sites (N-methyl/N-ethyl adjacent to an activating group) is 2. The monoisotopic (exact) mass is 295 g/mol. The summed E-state index contributed by atoms with van der Waals surface area (Å²) in [5.74, 6) is 0. The van der Waals surface area contributed by atoms with Crippen molar-refractivity contribution in [1.29, 1.82) is 0 Å². The number of anilines is 1. The molecular formula is C16H26ClN3. The lowest BCUT2D eigenvalue weighted by Crippen LogP contribution is -2.45. The Bertz CT molecular complexity index is 447. The second-order valence-corrected chi connectivity index (χ2v) is 6.51. The van der Waals surface area contributed by atoms with Crippen molar-refractivity contribution in [3.05, 3.63) is 28.8 Å². The molecule has 2 atom stereocenters. The minimum atomic E-state index is 0.148. The second kappa shape index (κ2) is 6.79. The van der Waals surface area contributed by atoms with Crippen molar-refractivity contribution in [2.75, 3.05) is 32.1 Å². The zero-order chi connectivity index (χ0) is 14.7. The summed E-state index contributed by atoms with van der Waals surface area (Å²) in [6.45, 7) is 4.33. The molecule has 1 aliphatic heterocycles. The molecule has 2 rings (SSSR count). The van der Waals surface area contributed by atoms with Gasteiger partial charge in [-0.3, -0.25) is 0 Å². The van der Waals surface area contributed by atoms with Gasteiger partial charge in [0.15, 0.2) is 0 Å². The highest BCUT2D eigenvalue weighted by Crippen LogP contribution is 2.32. The summed E-state index contributed by atoms with van der Waals surface area (Å²) in [6.07, 6.45) is 3.34. The summed E-state index contributed by atoms with van der Waals surface area (Å²) >= 11 is 6.47. The molecule has 20 heavy (non-hydrogen) atoms. The molecule has 0 aromatic heterocycles. The molecule has 1 aromatic carbocycles. The smallest absolute Gasteiger partial charge is 0.0642 e. The molecule has 2 unspecified atom stereocenters. The Hall–Kier alpha value is -0.770. The van der Waals surface area contributed by atoms with E-state index in [-0.39, 0.29) is 6.04 Å². The van der Waals surface area contributed by atoms with Crippen LogP contribution in [-0.2, 0) is 6.42 Å². The number of hydrogen-bond donors (Lipinski definition) is 1. The van der Waals surface area contributed by atoms with Gasteiger partial charge in [0.05, 0.1) is 10.7 Å². The highest BCUT2D eigenvalue weighted by Gasteiger charge is 2.24. The van der Waals surface area contributed by atoms with Crippen molar-refractivity contribution in [2.24, 2.45) is 5.73 Å². The summed E-state index contributed by atoms with van der Waals surface area (Å²) in [7, 11) is 4.35. The van der Waals surface area contributed by atoms with Crippen molar-refractivity contribution < 1.29 is 0 Å². The topological polar surface area (TPSA) is 32.5 Å². The van der Waals surface area contributed by atoms with Gasteiger partial charge in [-0.25, -0.2) is 0 Å². The predicted molar refractivity (Wildman–Crippen MR) is 87.7 cm³/mol. The Labute approximate surface area is 127 Å². The number of nitrogens with two attached hydrogens (primary N) is 1. The van der Waals surface area contributed by atoms with E-state index in [0.717, 1.165) is 23.7 Å². The van der Waals surface area contributed by atoms with Crippen molar-refractivity contribution in [3.8, 4) is 0 Å². The van der Waals surface area contributed by atoms with Gasteiger partial charge < -0.3 is 15.5 Å². The number of para-hydroxylation sites is 1. The molecular weight excluding hydrogens is 270 g/mol. The quantitative estimate of drug-likeness (QED) is 0.927. The van der Waals surface area contributed by atoms with Crippen LogP contribution < -0.4 is 10.6 Å². The van der Waals surface area contributed by atoms with Gasteiger partial charge in [0.25, 0.3) is 0 Å². The van der Waals surface area contributed by atoms with Crippen LogP contribution in [0.15, 0.2) is 18.2 Å².